The highest BCUT2D eigenvalue weighted by Gasteiger charge is 2.50. The smallest absolute Gasteiger partial charge is 0.164 e. The van der Waals surface area contributed by atoms with E-state index in [-0.39, 0.29) is 19.0 Å². The number of aliphatic hydroxyl groups is 1. The second-order valence-electron chi connectivity index (χ2n) is 10.6. The highest BCUT2D eigenvalue weighted by molar-refractivity contribution is 5.56. The van der Waals surface area contributed by atoms with Gasteiger partial charge < -0.3 is 19.3 Å². The maximum Gasteiger partial charge on any atom is 0.164 e. The van der Waals surface area contributed by atoms with Crippen molar-refractivity contribution in [1.82, 2.24) is 0 Å². The number of rotatable bonds is 8. The van der Waals surface area contributed by atoms with Gasteiger partial charge in [-0.05, 0) is 97.3 Å². The third-order valence-electron chi connectivity index (χ3n) is 8.59. The van der Waals surface area contributed by atoms with Crippen molar-refractivity contribution in [3.8, 4) is 0 Å². The molecule has 0 aromatic heterocycles. The van der Waals surface area contributed by atoms with Crippen LogP contribution in [0.15, 0.2) is 53.3 Å². The molecule has 4 heteroatoms. The van der Waals surface area contributed by atoms with Gasteiger partial charge in [0.25, 0.3) is 0 Å². The van der Waals surface area contributed by atoms with Crippen molar-refractivity contribution in [3.05, 3.63) is 64.4 Å². The second-order valence-corrected chi connectivity index (χ2v) is 10.6. The molecule has 1 aromatic rings. The van der Waals surface area contributed by atoms with E-state index in [4.69, 9.17) is 14.2 Å². The van der Waals surface area contributed by atoms with Crippen molar-refractivity contribution in [2.45, 2.75) is 84.2 Å². The highest BCUT2D eigenvalue weighted by atomic mass is 16.7. The summed E-state index contributed by atoms with van der Waals surface area (Å²) in [5.41, 5.74) is 5.21. The van der Waals surface area contributed by atoms with Crippen LogP contribution in [-0.2, 0) is 20.8 Å². The Hall–Kier alpha value is -1.88. The van der Waals surface area contributed by atoms with Crippen molar-refractivity contribution < 1.29 is 19.3 Å². The third-order valence-corrected chi connectivity index (χ3v) is 8.59. The lowest BCUT2D eigenvalue weighted by molar-refractivity contribution is -0.0907. The summed E-state index contributed by atoms with van der Waals surface area (Å²) in [5.74, 6) is 2.01. The van der Waals surface area contributed by atoms with E-state index in [2.05, 4.69) is 38.1 Å². The van der Waals surface area contributed by atoms with Crippen LogP contribution >= 0.6 is 0 Å². The SMILES string of the molecule is CCC=C(C(C)=CC(=Cc1cccc(CO)c1)OC1CO[C@H]2OCC[C@@H]12)C12CCCCC1CC2. The summed E-state index contributed by atoms with van der Waals surface area (Å²) in [4.78, 5) is 0. The molecule has 5 rings (SSSR count). The molecule has 1 aromatic carbocycles. The lowest BCUT2D eigenvalue weighted by Gasteiger charge is -2.55. The van der Waals surface area contributed by atoms with Crippen LogP contribution in [0.5, 0.6) is 0 Å². The maximum absolute atomic E-state index is 9.61. The van der Waals surface area contributed by atoms with Gasteiger partial charge in [0, 0.05) is 0 Å². The predicted octanol–water partition coefficient (Wildman–Crippen LogP) is 6.55. The number of benzene rings is 1. The fourth-order valence-corrected chi connectivity index (χ4v) is 6.80. The van der Waals surface area contributed by atoms with Crippen LogP contribution in [0.4, 0.5) is 0 Å². The molecule has 2 saturated carbocycles. The molecular weight excluding hydrogens is 424 g/mol. The monoisotopic (exact) mass is 464 g/mol. The number of ether oxygens (including phenoxy) is 3. The zero-order valence-electron chi connectivity index (χ0n) is 20.8. The van der Waals surface area contributed by atoms with Crippen LogP contribution in [0.1, 0.15) is 76.3 Å². The fourth-order valence-electron chi connectivity index (χ4n) is 6.80. The first-order valence-corrected chi connectivity index (χ1v) is 13.3. The van der Waals surface area contributed by atoms with Crippen LogP contribution in [0.25, 0.3) is 6.08 Å². The number of fused-ring (bicyclic) bond motifs is 2. The number of hydrogen-bond donors (Lipinski definition) is 1. The molecule has 2 saturated heterocycles. The molecule has 0 amide bonds. The van der Waals surface area contributed by atoms with Gasteiger partial charge in [-0.3, -0.25) is 0 Å². The second kappa shape index (κ2) is 10.4. The molecule has 4 fully saturated rings. The van der Waals surface area contributed by atoms with E-state index in [0.29, 0.717) is 17.9 Å². The Morgan fingerprint density at radius 2 is 2.09 bits per heavy atom. The van der Waals surface area contributed by atoms with Gasteiger partial charge in [-0.15, -0.1) is 0 Å². The molecule has 4 aliphatic rings. The molecule has 2 heterocycles. The molecule has 184 valence electrons. The summed E-state index contributed by atoms with van der Waals surface area (Å²) in [6.45, 7) is 5.88. The van der Waals surface area contributed by atoms with Gasteiger partial charge in [-0.25, -0.2) is 0 Å². The van der Waals surface area contributed by atoms with E-state index < -0.39 is 0 Å². The number of allylic oxidation sites excluding steroid dienone is 4. The first-order valence-electron chi connectivity index (χ1n) is 13.3. The van der Waals surface area contributed by atoms with Crippen molar-refractivity contribution in [3.63, 3.8) is 0 Å². The Kier molecular flexibility index (Phi) is 7.29. The molecule has 34 heavy (non-hydrogen) atoms. The van der Waals surface area contributed by atoms with E-state index in [9.17, 15) is 5.11 Å². The average molecular weight is 465 g/mol. The summed E-state index contributed by atoms with van der Waals surface area (Å²) in [6, 6.07) is 8.05. The summed E-state index contributed by atoms with van der Waals surface area (Å²) < 4.78 is 18.2. The highest BCUT2D eigenvalue weighted by Crippen LogP contribution is 2.61. The Morgan fingerprint density at radius 3 is 2.85 bits per heavy atom. The van der Waals surface area contributed by atoms with Gasteiger partial charge in [-0.2, -0.15) is 0 Å². The summed E-state index contributed by atoms with van der Waals surface area (Å²) in [7, 11) is 0. The summed E-state index contributed by atoms with van der Waals surface area (Å²) in [6.07, 6.45) is 16.9. The molecule has 2 aliphatic heterocycles. The Morgan fingerprint density at radius 1 is 1.18 bits per heavy atom. The quantitative estimate of drug-likeness (QED) is 0.350. The van der Waals surface area contributed by atoms with Gasteiger partial charge in [-0.1, -0.05) is 44.0 Å². The predicted molar refractivity (Wildman–Crippen MR) is 135 cm³/mol. The number of hydrogen-bond acceptors (Lipinski definition) is 4. The Labute approximate surface area is 204 Å². The van der Waals surface area contributed by atoms with Crippen LogP contribution < -0.4 is 0 Å². The van der Waals surface area contributed by atoms with Gasteiger partial charge >= 0.3 is 0 Å². The maximum atomic E-state index is 9.61. The normalized spacial score (nSPS) is 33.9. The molecule has 0 bridgehead atoms. The molecule has 4 nitrogen and oxygen atoms in total. The average Bonchev–Trinajstić information content (AvgIpc) is 3.44. The summed E-state index contributed by atoms with van der Waals surface area (Å²) >= 11 is 0. The zero-order chi connectivity index (χ0) is 23.5. The van der Waals surface area contributed by atoms with Crippen molar-refractivity contribution in [2.75, 3.05) is 13.2 Å². The minimum atomic E-state index is -0.124. The van der Waals surface area contributed by atoms with E-state index in [1.54, 1.807) is 5.57 Å². The van der Waals surface area contributed by atoms with Gasteiger partial charge in [0.1, 0.15) is 11.9 Å². The van der Waals surface area contributed by atoms with E-state index in [1.165, 1.54) is 44.1 Å². The third kappa shape index (κ3) is 4.65. The number of aliphatic hydroxyl groups excluding tert-OH is 1. The topological polar surface area (TPSA) is 47.9 Å². The van der Waals surface area contributed by atoms with Crippen LogP contribution in [-0.4, -0.2) is 30.7 Å². The molecule has 3 unspecified atom stereocenters. The Balaban J connectivity index is 1.47. The molecule has 0 radical (unpaired) electrons. The minimum absolute atomic E-state index is 0.00623. The van der Waals surface area contributed by atoms with Gasteiger partial charge in [0.2, 0.25) is 0 Å². The van der Waals surface area contributed by atoms with Crippen molar-refractivity contribution >= 4 is 6.08 Å². The fraction of sp³-hybridized carbons (Fsp3) is 0.600. The zero-order valence-corrected chi connectivity index (χ0v) is 20.8. The first kappa shape index (κ1) is 23.8. The van der Waals surface area contributed by atoms with Crippen LogP contribution in [0.2, 0.25) is 0 Å². The standard InChI is InChI=1S/C30H40O4/c1-3-7-27(30-13-5-4-10-24(30)11-14-30)21(2)16-25(18-22-8-6-9-23(17-22)19-31)34-28-20-33-29-26(28)12-15-32-29/h6-9,16-18,24,26,28-29,31H,3-5,10-15,19-20H2,1-2H3/t24?,26-,28?,29+,30?/m0/s1. The molecule has 2 aliphatic carbocycles. The van der Waals surface area contributed by atoms with Crippen molar-refractivity contribution in [2.24, 2.45) is 17.3 Å². The van der Waals surface area contributed by atoms with E-state index in [1.807, 2.05) is 18.2 Å². The minimum Gasteiger partial charge on any atom is -0.487 e. The Bertz CT molecular complexity index is 960. The first-order chi connectivity index (χ1) is 16.6. The molecule has 0 spiro atoms. The lowest BCUT2D eigenvalue weighted by Crippen LogP contribution is -2.44. The van der Waals surface area contributed by atoms with Crippen molar-refractivity contribution in [1.29, 1.82) is 0 Å². The largest absolute Gasteiger partial charge is 0.487 e. The lowest BCUT2D eigenvalue weighted by atomic mass is 9.50. The van der Waals surface area contributed by atoms with E-state index in [0.717, 1.165) is 42.3 Å². The summed E-state index contributed by atoms with van der Waals surface area (Å²) in [5, 5.41) is 9.61. The van der Waals surface area contributed by atoms with E-state index >= 15 is 0 Å². The van der Waals surface area contributed by atoms with Gasteiger partial charge in [0.05, 0.1) is 25.7 Å². The molecule has 5 atom stereocenters. The molecular formula is C30H40O4. The van der Waals surface area contributed by atoms with Gasteiger partial charge in [0.15, 0.2) is 6.29 Å². The van der Waals surface area contributed by atoms with Crippen LogP contribution in [0, 0.1) is 17.3 Å². The van der Waals surface area contributed by atoms with Crippen LogP contribution in [0.3, 0.4) is 0 Å². The molecule has 1 N–H and O–H groups in total.